The molecule has 2 heterocycles. The Morgan fingerprint density at radius 3 is 2.35 bits per heavy atom. The number of rotatable bonds is 4. The van der Waals surface area contributed by atoms with E-state index >= 15 is 0 Å². The normalized spacial score (nSPS) is 45.5. The maximum absolute atomic E-state index is 11.1. The van der Waals surface area contributed by atoms with Crippen molar-refractivity contribution >= 4 is 5.97 Å². The van der Waals surface area contributed by atoms with Crippen molar-refractivity contribution in [2.24, 2.45) is 0 Å². The van der Waals surface area contributed by atoms with Crippen molar-refractivity contribution < 1.29 is 38.7 Å². The summed E-state index contributed by atoms with van der Waals surface area (Å²) in [6.07, 6.45) is -5.78. The van der Waals surface area contributed by atoms with Gasteiger partial charge < -0.3 is 33.9 Å². The van der Waals surface area contributed by atoms with Crippen LogP contribution in [0.4, 0.5) is 0 Å². The van der Waals surface area contributed by atoms with E-state index in [4.69, 9.17) is 23.7 Å². The van der Waals surface area contributed by atoms with Crippen LogP contribution < -0.4 is 0 Å². The number of carbonyl (C=O) groups excluding carboxylic acids is 1. The van der Waals surface area contributed by atoms with Crippen molar-refractivity contribution in [3.05, 3.63) is 0 Å². The smallest absolute Gasteiger partial charge is 0.337 e. The quantitative estimate of drug-likeness (QED) is 0.599. The predicted molar refractivity (Wildman–Crippen MR) is 63.8 cm³/mol. The molecule has 0 aromatic rings. The van der Waals surface area contributed by atoms with E-state index in [0.717, 1.165) is 0 Å². The molecule has 0 bridgehead atoms. The number of methoxy groups -OCH3 is 2. The minimum atomic E-state index is -1.35. The molecule has 1 unspecified atom stereocenters. The first-order valence-corrected chi connectivity index (χ1v) is 6.38. The van der Waals surface area contributed by atoms with Crippen LogP contribution in [0.1, 0.15) is 6.92 Å². The molecular weight excluding hydrogens is 272 g/mol. The van der Waals surface area contributed by atoms with Gasteiger partial charge in [0, 0.05) is 14.2 Å². The Morgan fingerprint density at radius 1 is 1.20 bits per heavy atom. The predicted octanol–water partition coefficient (Wildman–Crippen LogP) is -1.57. The van der Waals surface area contributed by atoms with E-state index in [2.05, 4.69) is 0 Å². The molecule has 2 rings (SSSR count). The van der Waals surface area contributed by atoms with Crippen LogP contribution in [-0.2, 0) is 28.5 Å². The van der Waals surface area contributed by atoms with Crippen LogP contribution >= 0.6 is 0 Å². The van der Waals surface area contributed by atoms with Crippen LogP contribution in [0, 0.1) is 0 Å². The first-order valence-electron chi connectivity index (χ1n) is 6.38. The van der Waals surface area contributed by atoms with E-state index in [1.807, 2.05) is 0 Å². The third-order valence-electron chi connectivity index (χ3n) is 3.60. The molecule has 116 valence electrons. The molecule has 2 aliphatic rings. The molecule has 0 saturated carbocycles. The fourth-order valence-corrected chi connectivity index (χ4v) is 2.39. The minimum absolute atomic E-state index is 0.0507. The molecule has 0 amide bonds. The Bertz CT molecular complexity index is 348. The van der Waals surface area contributed by atoms with Gasteiger partial charge in [0.25, 0.3) is 0 Å². The average Bonchev–Trinajstić information content (AvgIpc) is 2.74. The molecule has 8 nitrogen and oxygen atoms in total. The maximum atomic E-state index is 11.1. The average molecular weight is 292 g/mol. The van der Waals surface area contributed by atoms with Crippen LogP contribution in [0.2, 0.25) is 0 Å². The molecule has 0 spiro atoms. The molecule has 8 heteroatoms. The van der Waals surface area contributed by atoms with Crippen LogP contribution in [0.25, 0.3) is 0 Å². The van der Waals surface area contributed by atoms with Gasteiger partial charge >= 0.3 is 5.97 Å². The van der Waals surface area contributed by atoms with Gasteiger partial charge in [-0.25, -0.2) is 4.79 Å². The van der Waals surface area contributed by atoms with Gasteiger partial charge in [0.2, 0.25) is 0 Å². The van der Waals surface area contributed by atoms with E-state index < -0.39 is 48.9 Å². The van der Waals surface area contributed by atoms with Crippen LogP contribution in [0.5, 0.6) is 0 Å². The zero-order valence-electron chi connectivity index (χ0n) is 11.6. The first-order chi connectivity index (χ1) is 9.49. The molecule has 20 heavy (non-hydrogen) atoms. The molecule has 2 N–H and O–H groups in total. The number of cyclic esters (lactones) is 1. The van der Waals surface area contributed by atoms with E-state index in [1.165, 1.54) is 14.2 Å². The molecular formula is C12H20O8. The Hall–Kier alpha value is -0.770. The number of carbonyl (C=O) groups is 1. The van der Waals surface area contributed by atoms with Gasteiger partial charge in [0.1, 0.15) is 31.0 Å². The maximum Gasteiger partial charge on any atom is 0.337 e. The lowest BCUT2D eigenvalue weighted by molar-refractivity contribution is -0.315. The lowest BCUT2D eigenvalue weighted by Crippen LogP contribution is -2.59. The Kier molecular flexibility index (Phi) is 4.95. The summed E-state index contributed by atoms with van der Waals surface area (Å²) in [4.78, 5) is 11.1. The minimum Gasteiger partial charge on any atom is -0.461 e. The van der Waals surface area contributed by atoms with E-state index in [-0.39, 0.29) is 6.61 Å². The van der Waals surface area contributed by atoms with Gasteiger partial charge in [0.05, 0.1) is 6.10 Å². The molecule has 2 aliphatic heterocycles. The first kappa shape index (κ1) is 15.6. The third-order valence-corrected chi connectivity index (χ3v) is 3.60. The van der Waals surface area contributed by atoms with Crippen molar-refractivity contribution in [3.63, 3.8) is 0 Å². The second kappa shape index (κ2) is 6.33. The van der Waals surface area contributed by atoms with Gasteiger partial charge in [-0.3, -0.25) is 0 Å². The zero-order valence-corrected chi connectivity index (χ0v) is 11.6. The van der Waals surface area contributed by atoms with E-state index in [1.54, 1.807) is 6.92 Å². The van der Waals surface area contributed by atoms with Crippen molar-refractivity contribution in [1.29, 1.82) is 0 Å². The van der Waals surface area contributed by atoms with Gasteiger partial charge in [-0.1, -0.05) is 0 Å². The van der Waals surface area contributed by atoms with Gasteiger partial charge in [0.15, 0.2) is 12.4 Å². The summed E-state index contributed by atoms with van der Waals surface area (Å²) in [5.41, 5.74) is 0. The number of aliphatic hydroxyl groups is 2. The summed E-state index contributed by atoms with van der Waals surface area (Å²) in [7, 11) is 2.89. The highest BCUT2D eigenvalue weighted by molar-refractivity contribution is 5.77. The monoisotopic (exact) mass is 292 g/mol. The van der Waals surface area contributed by atoms with Gasteiger partial charge in [-0.2, -0.15) is 0 Å². The molecule has 0 aromatic heterocycles. The Balaban J connectivity index is 2.07. The summed E-state index contributed by atoms with van der Waals surface area (Å²) >= 11 is 0. The largest absolute Gasteiger partial charge is 0.461 e. The fourth-order valence-electron chi connectivity index (χ4n) is 2.39. The number of hydrogen-bond donors (Lipinski definition) is 2. The summed E-state index contributed by atoms with van der Waals surface area (Å²) < 4.78 is 26.3. The molecule has 7 atom stereocenters. The highest BCUT2D eigenvalue weighted by atomic mass is 16.7. The van der Waals surface area contributed by atoms with Crippen LogP contribution in [0.3, 0.4) is 0 Å². The molecule has 0 radical (unpaired) electrons. The molecule has 0 aliphatic carbocycles. The van der Waals surface area contributed by atoms with Gasteiger partial charge in [-0.15, -0.1) is 0 Å². The Labute approximate surface area is 116 Å². The molecule has 2 saturated heterocycles. The lowest BCUT2D eigenvalue weighted by Gasteiger charge is -2.42. The standard InChI is InChI=1S/C12H20O8/c1-5-7(13)9(16-2)10(17-3)12(19-5)20-6-4-18-11(15)8(6)14/h5-10,12-14H,4H2,1-3H3/t5-,6-,7-,8-,9+,10+,12?/m1/s1. The Morgan fingerprint density at radius 2 is 1.85 bits per heavy atom. The van der Waals surface area contributed by atoms with Crippen molar-refractivity contribution in [2.45, 2.75) is 49.8 Å². The van der Waals surface area contributed by atoms with Crippen LogP contribution in [0.15, 0.2) is 0 Å². The number of esters is 1. The fraction of sp³-hybridized carbons (Fsp3) is 0.917. The summed E-state index contributed by atoms with van der Waals surface area (Å²) in [6, 6.07) is 0. The van der Waals surface area contributed by atoms with Crippen molar-refractivity contribution in [2.75, 3.05) is 20.8 Å². The molecule has 0 aromatic carbocycles. The van der Waals surface area contributed by atoms with E-state index in [9.17, 15) is 15.0 Å². The van der Waals surface area contributed by atoms with Crippen LogP contribution in [-0.4, -0.2) is 79.9 Å². The third kappa shape index (κ3) is 2.80. The zero-order chi connectivity index (χ0) is 14.9. The van der Waals surface area contributed by atoms with E-state index in [0.29, 0.717) is 0 Å². The summed E-state index contributed by atoms with van der Waals surface area (Å²) in [5, 5.41) is 19.6. The number of aliphatic hydroxyl groups excluding tert-OH is 2. The van der Waals surface area contributed by atoms with Crippen molar-refractivity contribution in [3.8, 4) is 0 Å². The van der Waals surface area contributed by atoms with Crippen molar-refractivity contribution in [1.82, 2.24) is 0 Å². The summed E-state index contributed by atoms with van der Waals surface area (Å²) in [5.74, 6) is -0.726. The number of ether oxygens (including phenoxy) is 5. The topological polar surface area (TPSA) is 104 Å². The highest BCUT2D eigenvalue weighted by Gasteiger charge is 2.48. The highest BCUT2D eigenvalue weighted by Crippen LogP contribution is 2.28. The molecule has 2 fully saturated rings. The second-order valence-corrected chi connectivity index (χ2v) is 4.85. The van der Waals surface area contributed by atoms with Gasteiger partial charge in [-0.05, 0) is 6.92 Å². The second-order valence-electron chi connectivity index (χ2n) is 4.85. The lowest BCUT2D eigenvalue weighted by atomic mass is 9.99. The number of hydrogen-bond acceptors (Lipinski definition) is 8. The SMILES string of the molecule is CO[C@H]1[C@H](O)[C@@H](C)OC(O[C@@H]2COC(=O)[C@@H]2O)[C@H]1OC. The summed E-state index contributed by atoms with van der Waals surface area (Å²) in [6.45, 7) is 1.62.